The third-order valence-electron chi connectivity index (χ3n) is 4.02. The Morgan fingerprint density at radius 1 is 0.963 bits per heavy atom. The number of benzene rings is 2. The van der Waals surface area contributed by atoms with Crippen LogP contribution in [0.4, 0.5) is 0 Å². The van der Waals surface area contributed by atoms with Gasteiger partial charge in [0.25, 0.3) is 0 Å². The van der Waals surface area contributed by atoms with E-state index in [-0.39, 0.29) is 5.56 Å². The van der Waals surface area contributed by atoms with Crippen molar-refractivity contribution in [3.05, 3.63) is 106 Å². The monoisotopic (exact) mass is 353 g/mol. The van der Waals surface area contributed by atoms with E-state index in [1.165, 1.54) is 6.20 Å². The van der Waals surface area contributed by atoms with Crippen molar-refractivity contribution in [2.75, 3.05) is 7.05 Å². The molecule has 0 radical (unpaired) electrons. The second-order valence-electron chi connectivity index (χ2n) is 5.81. The van der Waals surface area contributed by atoms with Gasteiger partial charge in [-0.25, -0.2) is 0 Å². The first-order valence-corrected chi connectivity index (χ1v) is 8.46. The minimum Gasteiger partial charge on any atom is -0.405 e. The van der Waals surface area contributed by atoms with E-state index in [0.29, 0.717) is 0 Å². The summed E-state index contributed by atoms with van der Waals surface area (Å²) < 4.78 is 0. The van der Waals surface area contributed by atoms with Gasteiger partial charge in [-0.15, -0.1) is 0 Å². The summed E-state index contributed by atoms with van der Waals surface area (Å²) in [6, 6.07) is 19.1. The van der Waals surface area contributed by atoms with E-state index < -0.39 is 0 Å². The van der Waals surface area contributed by atoms with E-state index in [1.807, 2.05) is 54.6 Å². The molecular formula is C23H19N3O. The molecule has 0 fully saturated rings. The predicted molar refractivity (Wildman–Crippen MR) is 111 cm³/mol. The minimum absolute atomic E-state index is 0.113. The first-order valence-electron chi connectivity index (χ1n) is 8.46. The lowest BCUT2D eigenvalue weighted by atomic mass is 10.0. The number of rotatable bonds is 3. The van der Waals surface area contributed by atoms with Gasteiger partial charge in [-0.05, 0) is 59.3 Å². The molecule has 0 bridgehead atoms. The second-order valence-corrected chi connectivity index (χ2v) is 5.81. The van der Waals surface area contributed by atoms with Crippen molar-refractivity contribution >= 4 is 5.71 Å². The van der Waals surface area contributed by atoms with Gasteiger partial charge in [-0.3, -0.25) is 9.79 Å². The van der Waals surface area contributed by atoms with Gasteiger partial charge in [0, 0.05) is 30.4 Å². The average molecular weight is 353 g/mol. The molecule has 0 aliphatic carbocycles. The Bertz CT molecular complexity index is 1090. The highest BCUT2D eigenvalue weighted by Crippen LogP contribution is 2.17. The highest BCUT2D eigenvalue weighted by atomic mass is 16.1. The summed E-state index contributed by atoms with van der Waals surface area (Å²) in [5.41, 5.74) is 10.8. The summed E-state index contributed by atoms with van der Waals surface area (Å²) in [6.45, 7) is 0. The standard InChI is InChI=1S/C23H19N3O/c1-25-22(12-14-24)20-10-6-18(7-11-20)3-2-17-4-8-19(9-5-17)21-13-15-26-23(27)16-21/h4-16H,24H2,1H3,(H,26,27). The lowest BCUT2D eigenvalue weighted by molar-refractivity contribution is 1.24. The van der Waals surface area contributed by atoms with Gasteiger partial charge >= 0.3 is 0 Å². The third kappa shape index (κ3) is 4.62. The van der Waals surface area contributed by atoms with E-state index in [1.54, 1.807) is 25.4 Å². The average Bonchev–Trinajstić information content (AvgIpc) is 2.71. The van der Waals surface area contributed by atoms with Crippen LogP contribution in [0.25, 0.3) is 11.1 Å². The minimum atomic E-state index is -0.113. The van der Waals surface area contributed by atoms with Gasteiger partial charge in [-0.1, -0.05) is 36.1 Å². The number of H-pyrrole nitrogens is 1. The third-order valence-corrected chi connectivity index (χ3v) is 4.02. The van der Waals surface area contributed by atoms with Gasteiger partial charge in [-0.2, -0.15) is 0 Å². The van der Waals surface area contributed by atoms with Crippen molar-refractivity contribution in [2.45, 2.75) is 0 Å². The Hall–Kier alpha value is -3.84. The Morgan fingerprint density at radius 3 is 2.15 bits per heavy atom. The lowest BCUT2D eigenvalue weighted by Gasteiger charge is -2.01. The van der Waals surface area contributed by atoms with Gasteiger partial charge in [0.1, 0.15) is 0 Å². The van der Waals surface area contributed by atoms with E-state index in [2.05, 4.69) is 21.8 Å². The Balaban J connectivity index is 1.77. The fraction of sp³-hybridized carbons (Fsp3) is 0.0435. The van der Waals surface area contributed by atoms with Crippen molar-refractivity contribution in [1.29, 1.82) is 0 Å². The Kier molecular flexibility index (Phi) is 5.66. The Morgan fingerprint density at radius 2 is 1.59 bits per heavy atom. The molecule has 3 N–H and O–H groups in total. The summed E-state index contributed by atoms with van der Waals surface area (Å²) in [5.74, 6) is 6.31. The smallest absolute Gasteiger partial charge is 0.248 e. The van der Waals surface area contributed by atoms with Gasteiger partial charge in [0.2, 0.25) is 5.56 Å². The first kappa shape index (κ1) is 18.0. The number of allylic oxidation sites excluding steroid dienone is 1. The molecule has 0 saturated heterocycles. The maximum atomic E-state index is 11.4. The van der Waals surface area contributed by atoms with Crippen molar-refractivity contribution in [3.63, 3.8) is 0 Å². The van der Waals surface area contributed by atoms with Crippen LogP contribution in [0.15, 0.2) is 88.9 Å². The molecule has 132 valence electrons. The van der Waals surface area contributed by atoms with E-state index >= 15 is 0 Å². The molecule has 0 atom stereocenters. The molecule has 2 aromatic carbocycles. The molecule has 4 heteroatoms. The van der Waals surface area contributed by atoms with E-state index in [4.69, 9.17) is 5.73 Å². The summed E-state index contributed by atoms with van der Waals surface area (Å²) in [5, 5.41) is 0. The van der Waals surface area contributed by atoms with Gasteiger partial charge in [0.05, 0.1) is 5.71 Å². The van der Waals surface area contributed by atoms with Gasteiger partial charge < -0.3 is 10.7 Å². The first-order chi connectivity index (χ1) is 13.2. The van der Waals surface area contributed by atoms with Crippen molar-refractivity contribution < 1.29 is 0 Å². The van der Waals surface area contributed by atoms with Crippen molar-refractivity contribution in [1.82, 2.24) is 4.98 Å². The second kappa shape index (κ2) is 8.50. The largest absolute Gasteiger partial charge is 0.405 e. The maximum Gasteiger partial charge on any atom is 0.248 e. The molecule has 0 amide bonds. The van der Waals surface area contributed by atoms with Crippen LogP contribution in [-0.4, -0.2) is 17.7 Å². The van der Waals surface area contributed by atoms with E-state index in [9.17, 15) is 4.79 Å². The molecular weight excluding hydrogens is 334 g/mol. The zero-order valence-corrected chi connectivity index (χ0v) is 14.9. The SMILES string of the molecule is CN=C(C=CN)c1ccc(C#Cc2ccc(-c3cc[nH]c(=O)c3)cc2)cc1. The number of aromatic amines is 1. The zero-order valence-electron chi connectivity index (χ0n) is 14.9. The quantitative estimate of drug-likeness (QED) is 0.560. The zero-order chi connectivity index (χ0) is 19.1. The number of aromatic nitrogens is 1. The number of pyridine rings is 1. The van der Waals surface area contributed by atoms with Gasteiger partial charge in [0.15, 0.2) is 0 Å². The van der Waals surface area contributed by atoms with Crippen LogP contribution in [0, 0.1) is 11.8 Å². The highest BCUT2D eigenvalue weighted by molar-refractivity contribution is 6.08. The molecule has 3 rings (SSSR count). The van der Waals surface area contributed by atoms with Crippen molar-refractivity contribution in [3.8, 4) is 23.0 Å². The number of hydrogen-bond donors (Lipinski definition) is 2. The van der Waals surface area contributed by atoms with Crippen LogP contribution in [0.1, 0.15) is 16.7 Å². The fourth-order valence-electron chi connectivity index (χ4n) is 2.63. The summed E-state index contributed by atoms with van der Waals surface area (Å²) in [7, 11) is 1.73. The van der Waals surface area contributed by atoms with Crippen LogP contribution in [0.5, 0.6) is 0 Å². The molecule has 0 saturated carbocycles. The maximum absolute atomic E-state index is 11.4. The fourth-order valence-corrected chi connectivity index (χ4v) is 2.63. The topological polar surface area (TPSA) is 71.2 Å². The van der Waals surface area contributed by atoms with E-state index in [0.717, 1.165) is 33.5 Å². The van der Waals surface area contributed by atoms with Crippen LogP contribution in [-0.2, 0) is 0 Å². The van der Waals surface area contributed by atoms with Crippen LogP contribution in [0.3, 0.4) is 0 Å². The highest BCUT2D eigenvalue weighted by Gasteiger charge is 1.99. The molecule has 1 aromatic heterocycles. The molecule has 4 nitrogen and oxygen atoms in total. The van der Waals surface area contributed by atoms with Crippen LogP contribution >= 0.6 is 0 Å². The van der Waals surface area contributed by atoms with Crippen molar-refractivity contribution in [2.24, 2.45) is 10.7 Å². The molecule has 27 heavy (non-hydrogen) atoms. The molecule has 0 unspecified atom stereocenters. The van der Waals surface area contributed by atoms with Crippen LogP contribution in [0.2, 0.25) is 0 Å². The molecule has 0 aliphatic rings. The molecule has 0 aliphatic heterocycles. The number of hydrogen-bond acceptors (Lipinski definition) is 3. The summed E-state index contributed by atoms with van der Waals surface area (Å²) in [6.07, 6.45) is 4.89. The Labute approximate surface area is 158 Å². The molecule has 1 heterocycles. The number of aliphatic imine (C=N–C) groups is 1. The summed E-state index contributed by atoms with van der Waals surface area (Å²) >= 11 is 0. The summed E-state index contributed by atoms with van der Waals surface area (Å²) in [4.78, 5) is 18.2. The number of nitrogens with zero attached hydrogens (tertiary/aromatic N) is 1. The normalized spacial score (nSPS) is 11.2. The predicted octanol–water partition coefficient (Wildman–Crippen LogP) is 3.33. The number of nitrogens with two attached hydrogens (primary N) is 1. The molecule has 0 spiro atoms. The molecule has 3 aromatic rings. The van der Waals surface area contributed by atoms with Crippen LogP contribution < -0.4 is 11.3 Å². The number of nitrogens with one attached hydrogen (secondary N) is 1. The lowest BCUT2D eigenvalue weighted by Crippen LogP contribution is -2.01.